The van der Waals surface area contributed by atoms with Crippen molar-refractivity contribution in [2.24, 2.45) is 16.9 Å². The highest BCUT2D eigenvalue weighted by Crippen LogP contribution is 2.34. The molecule has 2 unspecified atom stereocenters. The third-order valence-electron chi connectivity index (χ3n) is 5.49. The molecule has 1 N–H and O–H groups in total. The first-order valence-corrected chi connectivity index (χ1v) is 10.6. The summed E-state index contributed by atoms with van der Waals surface area (Å²) in [6.45, 7) is 1.78. The molecule has 7 nitrogen and oxygen atoms in total. The van der Waals surface area contributed by atoms with Gasteiger partial charge in [-0.2, -0.15) is 10.1 Å². The Morgan fingerprint density at radius 1 is 1.06 bits per heavy atom. The second-order valence-corrected chi connectivity index (χ2v) is 8.10. The average Bonchev–Trinajstić information content (AvgIpc) is 3.15. The third kappa shape index (κ3) is 4.72. The summed E-state index contributed by atoms with van der Waals surface area (Å²) in [5.41, 5.74) is 2.44. The van der Waals surface area contributed by atoms with E-state index in [1.54, 1.807) is 43.3 Å². The van der Waals surface area contributed by atoms with Crippen LogP contribution < -0.4 is 9.91 Å². The van der Waals surface area contributed by atoms with Crippen molar-refractivity contribution in [2.45, 2.75) is 6.92 Å². The van der Waals surface area contributed by atoms with Crippen LogP contribution in [-0.2, 0) is 14.3 Å². The fraction of sp³-hybridized carbons (Fsp3) is 0.192. The second-order valence-electron chi connectivity index (χ2n) is 8.10. The first kappa shape index (κ1) is 22.1. The van der Waals surface area contributed by atoms with Crippen LogP contribution in [-0.4, -0.2) is 36.8 Å². The molecule has 2 aromatic rings. The van der Waals surface area contributed by atoms with Crippen LogP contribution in [0.4, 0.5) is 11.4 Å². The van der Waals surface area contributed by atoms with Crippen LogP contribution >= 0.6 is 0 Å². The van der Waals surface area contributed by atoms with E-state index in [1.807, 2.05) is 61.5 Å². The molecule has 0 radical (unpaired) electrons. The van der Waals surface area contributed by atoms with Gasteiger partial charge in [0.1, 0.15) is 11.7 Å². The van der Waals surface area contributed by atoms with Crippen molar-refractivity contribution in [1.29, 1.82) is 0 Å². The quantitative estimate of drug-likeness (QED) is 0.720. The van der Waals surface area contributed by atoms with Crippen molar-refractivity contribution in [3.8, 4) is 0 Å². The highest BCUT2D eigenvalue weighted by atomic mass is 16.5. The van der Waals surface area contributed by atoms with Gasteiger partial charge in [-0.3, -0.25) is 4.79 Å². The summed E-state index contributed by atoms with van der Waals surface area (Å²) in [6, 6.07) is 16.9. The van der Waals surface area contributed by atoms with E-state index in [2.05, 4.69) is 5.10 Å². The van der Waals surface area contributed by atoms with Crippen LogP contribution in [0.5, 0.6) is 0 Å². The number of hydrogen-bond acceptors (Lipinski definition) is 5. The Morgan fingerprint density at radius 3 is 2.39 bits per heavy atom. The molecule has 2 heterocycles. The summed E-state index contributed by atoms with van der Waals surface area (Å²) in [7, 11) is 3.97. The zero-order valence-corrected chi connectivity index (χ0v) is 18.7. The number of rotatable bonds is 6. The van der Waals surface area contributed by atoms with Gasteiger partial charge in [0, 0.05) is 25.7 Å². The standard InChI is InChI=1S/C26H25N3O4/c1-17-15-19(16-22(33-17)14-11-18-9-12-20(13-10-18)28(2)3)23-24(26(31)32)27-29(25(23)30)21-7-5-4-6-8-21/h4-16,19,23H,1-3H3,(H,31,32)/b14-11+. The molecule has 7 heteroatoms. The fourth-order valence-corrected chi connectivity index (χ4v) is 3.85. The summed E-state index contributed by atoms with van der Waals surface area (Å²) >= 11 is 0. The van der Waals surface area contributed by atoms with Crippen molar-refractivity contribution in [1.82, 2.24) is 0 Å². The van der Waals surface area contributed by atoms with E-state index in [0.29, 0.717) is 17.2 Å². The van der Waals surface area contributed by atoms with Gasteiger partial charge in [-0.25, -0.2) is 4.79 Å². The SMILES string of the molecule is CC1=CC(C2C(=O)N(c3ccccc3)N=C2C(=O)O)C=C(/C=C/c2ccc(N(C)C)cc2)O1. The number of hydrogen-bond donors (Lipinski definition) is 1. The normalized spacial score (nSPS) is 20.3. The molecule has 2 aliphatic rings. The predicted molar refractivity (Wildman–Crippen MR) is 129 cm³/mol. The van der Waals surface area contributed by atoms with Gasteiger partial charge in [0.05, 0.1) is 11.4 Å². The molecular weight excluding hydrogens is 418 g/mol. The van der Waals surface area contributed by atoms with Crippen molar-refractivity contribution in [2.75, 3.05) is 24.0 Å². The Bertz CT molecular complexity index is 1180. The van der Waals surface area contributed by atoms with Gasteiger partial charge in [-0.05, 0) is 55.0 Å². The van der Waals surface area contributed by atoms with Crippen LogP contribution in [0.2, 0.25) is 0 Å². The maximum Gasteiger partial charge on any atom is 0.352 e. The second kappa shape index (κ2) is 9.16. The number of nitrogens with zero attached hydrogens (tertiary/aromatic N) is 3. The monoisotopic (exact) mass is 443 g/mol. The summed E-state index contributed by atoms with van der Waals surface area (Å²) in [4.78, 5) is 27.2. The summed E-state index contributed by atoms with van der Waals surface area (Å²) in [5, 5.41) is 15.1. The van der Waals surface area contributed by atoms with Crippen LogP contribution in [0.25, 0.3) is 6.08 Å². The highest BCUT2D eigenvalue weighted by Gasteiger charge is 2.44. The maximum atomic E-state index is 13.2. The maximum absolute atomic E-state index is 13.2. The van der Waals surface area contributed by atoms with E-state index in [-0.39, 0.29) is 11.6 Å². The van der Waals surface area contributed by atoms with E-state index < -0.39 is 17.8 Å². The Labute approximate surface area is 192 Å². The number of anilines is 2. The van der Waals surface area contributed by atoms with E-state index in [1.165, 1.54) is 5.01 Å². The number of carboxylic acids is 1. The Morgan fingerprint density at radius 2 is 1.76 bits per heavy atom. The molecule has 0 bridgehead atoms. The molecule has 0 saturated heterocycles. The van der Waals surface area contributed by atoms with Gasteiger partial charge < -0.3 is 14.7 Å². The Balaban J connectivity index is 1.60. The van der Waals surface area contributed by atoms with Gasteiger partial charge in [-0.1, -0.05) is 36.4 Å². The minimum atomic E-state index is -1.21. The number of aliphatic carboxylic acids is 1. The van der Waals surface area contributed by atoms with Crippen molar-refractivity contribution in [3.63, 3.8) is 0 Å². The van der Waals surface area contributed by atoms with Gasteiger partial charge in [0.25, 0.3) is 5.91 Å². The molecule has 1 amide bonds. The summed E-state index contributed by atoms with van der Waals surface area (Å²) in [5.74, 6) is -1.88. The van der Waals surface area contributed by atoms with Crippen molar-refractivity contribution in [3.05, 3.63) is 89.9 Å². The molecule has 0 aliphatic carbocycles. The zero-order valence-electron chi connectivity index (χ0n) is 18.7. The number of hydrazone groups is 1. The van der Waals surface area contributed by atoms with Crippen molar-refractivity contribution < 1.29 is 19.4 Å². The van der Waals surface area contributed by atoms with Crippen molar-refractivity contribution >= 4 is 35.0 Å². The molecule has 2 aliphatic heterocycles. The molecule has 0 spiro atoms. The first-order chi connectivity index (χ1) is 15.8. The first-order valence-electron chi connectivity index (χ1n) is 10.6. The minimum absolute atomic E-state index is 0.182. The molecule has 168 valence electrons. The van der Waals surface area contributed by atoms with Crippen LogP contribution in [0.3, 0.4) is 0 Å². The lowest BCUT2D eigenvalue weighted by Crippen LogP contribution is -2.35. The third-order valence-corrected chi connectivity index (χ3v) is 5.49. The van der Waals surface area contributed by atoms with Crippen LogP contribution in [0.15, 0.2) is 89.4 Å². The number of ether oxygens (including phenoxy) is 1. The average molecular weight is 444 g/mol. The van der Waals surface area contributed by atoms with Gasteiger partial charge in [0.2, 0.25) is 0 Å². The molecule has 2 atom stereocenters. The van der Waals surface area contributed by atoms with Crippen LogP contribution in [0, 0.1) is 11.8 Å². The lowest BCUT2D eigenvalue weighted by atomic mass is 9.85. The number of para-hydroxylation sites is 1. The molecule has 2 aromatic carbocycles. The molecule has 0 saturated carbocycles. The van der Waals surface area contributed by atoms with Gasteiger partial charge >= 0.3 is 5.97 Å². The Kier molecular flexibility index (Phi) is 6.13. The molecule has 33 heavy (non-hydrogen) atoms. The summed E-state index contributed by atoms with van der Waals surface area (Å²) in [6.07, 6.45) is 7.27. The van der Waals surface area contributed by atoms with Gasteiger partial charge in [0.15, 0.2) is 5.71 Å². The number of carbonyl (C=O) groups excluding carboxylic acids is 1. The lowest BCUT2D eigenvalue weighted by molar-refractivity contribution is -0.130. The molecule has 0 fully saturated rings. The number of carboxylic acid groups (broad SMARTS) is 1. The largest absolute Gasteiger partial charge is 0.477 e. The predicted octanol–water partition coefficient (Wildman–Crippen LogP) is 4.30. The van der Waals surface area contributed by atoms with Gasteiger partial charge in [-0.15, -0.1) is 0 Å². The molecule has 4 rings (SSSR count). The fourth-order valence-electron chi connectivity index (χ4n) is 3.85. The number of carbonyl (C=O) groups is 2. The molecular formula is C26H25N3O4. The Hall–Kier alpha value is -4.13. The van der Waals surface area contributed by atoms with Crippen LogP contribution in [0.1, 0.15) is 12.5 Å². The highest BCUT2D eigenvalue weighted by molar-refractivity contribution is 6.43. The lowest BCUT2D eigenvalue weighted by Gasteiger charge is -2.23. The van der Waals surface area contributed by atoms with E-state index in [9.17, 15) is 14.7 Å². The minimum Gasteiger partial charge on any atom is -0.477 e. The molecule has 0 aromatic heterocycles. The smallest absolute Gasteiger partial charge is 0.352 e. The number of allylic oxidation sites excluding steroid dienone is 4. The van der Waals surface area contributed by atoms with E-state index >= 15 is 0 Å². The zero-order chi connectivity index (χ0) is 23.5. The number of benzene rings is 2. The van der Waals surface area contributed by atoms with E-state index in [4.69, 9.17) is 4.74 Å². The summed E-state index contributed by atoms with van der Waals surface area (Å²) < 4.78 is 5.82. The topological polar surface area (TPSA) is 82.4 Å². The van der Waals surface area contributed by atoms with E-state index in [0.717, 1.165) is 11.3 Å². The number of amides is 1.